The van der Waals surface area contributed by atoms with Crippen LogP contribution >= 0.6 is 0 Å². The number of ether oxygens (including phenoxy) is 2. The number of likely N-dealkylation sites (N-methyl/N-ethyl adjacent to an activating group) is 1. The molecule has 1 N–H and O–H groups in total. The molecular weight excluding hydrogens is 514 g/mol. The highest BCUT2D eigenvalue weighted by Crippen LogP contribution is 2.36. The zero-order valence-corrected chi connectivity index (χ0v) is 25.3. The van der Waals surface area contributed by atoms with Crippen molar-refractivity contribution in [2.75, 3.05) is 90.9 Å². The first-order valence-corrected chi connectivity index (χ1v) is 15.1. The zero-order valence-electron chi connectivity index (χ0n) is 25.3. The van der Waals surface area contributed by atoms with E-state index in [1.807, 2.05) is 12.1 Å². The van der Waals surface area contributed by atoms with Crippen LogP contribution in [0.25, 0.3) is 10.9 Å². The van der Waals surface area contributed by atoms with Crippen molar-refractivity contribution in [2.24, 2.45) is 0 Å². The van der Waals surface area contributed by atoms with Crippen molar-refractivity contribution in [3.8, 4) is 11.5 Å². The van der Waals surface area contributed by atoms with Crippen molar-refractivity contribution in [3.63, 3.8) is 0 Å². The summed E-state index contributed by atoms with van der Waals surface area (Å²) in [5, 5.41) is 4.81. The summed E-state index contributed by atoms with van der Waals surface area (Å²) < 4.78 is 12.0. The van der Waals surface area contributed by atoms with Crippen LogP contribution in [0.5, 0.6) is 11.5 Å². The normalized spacial score (nSPS) is 17.6. The van der Waals surface area contributed by atoms with Crippen LogP contribution in [0.1, 0.15) is 31.2 Å². The monoisotopic (exact) mass is 561 g/mol. The first-order valence-electron chi connectivity index (χ1n) is 15.1. The van der Waals surface area contributed by atoms with Crippen LogP contribution in [0.4, 0.5) is 11.8 Å². The Kier molecular flexibility index (Phi) is 10.1. The van der Waals surface area contributed by atoms with Crippen molar-refractivity contribution in [2.45, 2.75) is 38.3 Å². The first-order chi connectivity index (χ1) is 20.0. The molecule has 1 aromatic heterocycles. The van der Waals surface area contributed by atoms with E-state index >= 15 is 0 Å². The van der Waals surface area contributed by atoms with Crippen LogP contribution in [0, 0.1) is 0 Å². The van der Waals surface area contributed by atoms with E-state index in [0.29, 0.717) is 12.6 Å². The third-order valence-electron chi connectivity index (χ3n) is 8.16. The third-order valence-corrected chi connectivity index (χ3v) is 8.16. The quantitative estimate of drug-likeness (QED) is 0.347. The van der Waals surface area contributed by atoms with Crippen molar-refractivity contribution < 1.29 is 9.47 Å². The number of benzene rings is 2. The predicted octanol–water partition coefficient (Wildman–Crippen LogP) is 4.19. The Morgan fingerprint density at radius 2 is 1.76 bits per heavy atom. The average Bonchev–Trinajstić information content (AvgIpc) is 3.20. The number of fused-ring (bicyclic) bond motifs is 1. The number of aromatic nitrogens is 2. The number of likely N-dealkylation sites (tertiary alicyclic amines) is 1. The maximum atomic E-state index is 6.20. The van der Waals surface area contributed by atoms with Crippen molar-refractivity contribution >= 4 is 22.7 Å². The summed E-state index contributed by atoms with van der Waals surface area (Å²) in [6.45, 7) is 8.72. The minimum absolute atomic E-state index is 0.358. The summed E-state index contributed by atoms with van der Waals surface area (Å²) in [5.41, 5.74) is 2.26. The van der Waals surface area contributed by atoms with E-state index in [2.05, 4.69) is 76.4 Å². The van der Waals surface area contributed by atoms with Crippen LogP contribution in [0.15, 0.2) is 42.5 Å². The van der Waals surface area contributed by atoms with E-state index in [4.69, 9.17) is 19.4 Å². The Balaban J connectivity index is 1.37. The molecular formula is C32H47N7O2. The van der Waals surface area contributed by atoms with Gasteiger partial charge in [-0.15, -0.1) is 0 Å². The lowest BCUT2D eigenvalue weighted by atomic mass is 10.0. The summed E-state index contributed by atoms with van der Waals surface area (Å²) in [5.74, 6) is 3.14. The molecule has 222 valence electrons. The molecule has 0 aliphatic carbocycles. The van der Waals surface area contributed by atoms with Crippen LogP contribution in [-0.2, 0) is 6.54 Å². The van der Waals surface area contributed by atoms with Gasteiger partial charge in [0.15, 0.2) is 11.5 Å². The smallest absolute Gasteiger partial charge is 0.227 e. The summed E-state index contributed by atoms with van der Waals surface area (Å²) in [6, 6.07) is 15.2. The molecule has 2 aliphatic rings. The summed E-state index contributed by atoms with van der Waals surface area (Å²) in [6.07, 6.45) is 4.20. The molecule has 0 unspecified atom stereocenters. The lowest BCUT2D eigenvalue weighted by Gasteiger charge is -2.33. The lowest BCUT2D eigenvalue weighted by molar-refractivity contribution is 0.211. The maximum absolute atomic E-state index is 6.20. The van der Waals surface area contributed by atoms with E-state index in [9.17, 15) is 0 Å². The molecule has 0 atom stereocenters. The molecule has 9 nitrogen and oxygen atoms in total. The van der Waals surface area contributed by atoms with E-state index in [1.165, 1.54) is 5.56 Å². The number of piperidine rings is 1. The molecule has 3 aromatic rings. The van der Waals surface area contributed by atoms with Gasteiger partial charge in [0.05, 0.1) is 19.2 Å². The van der Waals surface area contributed by atoms with Gasteiger partial charge in [-0.1, -0.05) is 30.3 Å². The Bertz CT molecular complexity index is 1250. The second kappa shape index (κ2) is 14.2. The van der Waals surface area contributed by atoms with Crippen LogP contribution in [0.3, 0.4) is 0 Å². The van der Waals surface area contributed by atoms with E-state index in [-0.39, 0.29) is 0 Å². The third kappa shape index (κ3) is 7.99. The van der Waals surface area contributed by atoms with Crippen LogP contribution in [-0.4, -0.2) is 111 Å². The second-order valence-corrected chi connectivity index (χ2v) is 11.7. The van der Waals surface area contributed by atoms with Crippen LogP contribution in [0.2, 0.25) is 0 Å². The number of nitrogens with one attached hydrogen (secondary N) is 1. The Morgan fingerprint density at radius 1 is 0.951 bits per heavy atom. The Hall–Kier alpha value is -3.14. The highest BCUT2D eigenvalue weighted by Gasteiger charge is 2.23. The van der Waals surface area contributed by atoms with Gasteiger partial charge in [0.25, 0.3) is 0 Å². The summed E-state index contributed by atoms with van der Waals surface area (Å²) >= 11 is 0. The number of nitrogens with zero attached hydrogens (tertiary/aromatic N) is 6. The molecule has 2 fully saturated rings. The summed E-state index contributed by atoms with van der Waals surface area (Å²) in [7, 11) is 8.05. The highest BCUT2D eigenvalue weighted by molar-refractivity contribution is 5.93. The zero-order chi connectivity index (χ0) is 28.6. The van der Waals surface area contributed by atoms with Gasteiger partial charge in [0.1, 0.15) is 5.82 Å². The van der Waals surface area contributed by atoms with Crippen molar-refractivity contribution in [3.05, 3.63) is 48.0 Å². The van der Waals surface area contributed by atoms with Gasteiger partial charge in [-0.25, -0.2) is 4.98 Å². The molecule has 0 bridgehead atoms. The SMILES string of the molecule is COc1cc2c(NC3CCN(Cc4ccccc4)CC3)nc(N3CCCN(C)CC3)nc2cc1OCCCN(C)C. The number of hydrogen-bond donors (Lipinski definition) is 1. The fourth-order valence-electron chi connectivity index (χ4n) is 5.73. The topological polar surface area (TPSA) is 69.2 Å². The fraction of sp³-hybridized carbons (Fsp3) is 0.562. The Labute approximate surface area is 245 Å². The maximum Gasteiger partial charge on any atom is 0.227 e. The number of anilines is 2. The summed E-state index contributed by atoms with van der Waals surface area (Å²) in [4.78, 5) is 19.7. The first kappa shape index (κ1) is 29.4. The molecule has 5 rings (SSSR count). The van der Waals surface area contributed by atoms with E-state index in [0.717, 1.165) is 112 Å². The number of hydrogen-bond acceptors (Lipinski definition) is 9. The van der Waals surface area contributed by atoms with Crippen LogP contribution < -0.4 is 19.7 Å². The van der Waals surface area contributed by atoms with Gasteiger partial charge in [0, 0.05) is 63.3 Å². The van der Waals surface area contributed by atoms with E-state index in [1.54, 1.807) is 7.11 Å². The minimum atomic E-state index is 0.358. The van der Waals surface area contributed by atoms with E-state index < -0.39 is 0 Å². The molecule has 0 spiro atoms. The van der Waals surface area contributed by atoms with Gasteiger partial charge >= 0.3 is 0 Å². The van der Waals surface area contributed by atoms with Gasteiger partial charge in [-0.3, -0.25) is 4.90 Å². The lowest BCUT2D eigenvalue weighted by Crippen LogP contribution is -2.39. The molecule has 0 radical (unpaired) electrons. The fourth-order valence-corrected chi connectivity index (χ4v) is 5.73. The predicted molar refractivity (Wildman–Crippen MR) is 167 cm³/mol. The number of methoxy groups -OCH3 is 1. The standard InChI is InChI=1S/C32H47N7O2/c1-36(2)14-9-21-41-30-23-28-27(22-29(30)40-4)31(35-32(34-28)39-16-8-15-37(3)19-20-39)33-26-12-17-38(18-13-26)24-25-10-6-5-7-11-25/h5-7,10-11,22-23,26H,8-9,12-21,24H2,1-4H3,(H,33,34,35). The van der Waals surface area contributed by atoms with Gasteiger partial charge in [-0.05, 0) is 65.0 Å². The molecule has 9 heteroatoms. The second-order valence-electron chi connectivity index (χ2n) is 11.7. The number of rotatable bonds is 11. The molecule has 0 saturated carbocycles. The minimum Gasteiger partial charge on any atom is -0.493 e. The van der Waals surface area contributed by atoms with Crippen molar-refractivity contribution in [1.29, 1.82) is 0 Å². The Morgan fingerprint density at radius 3 is 2.51 bits per heavy atom. The largest absolute Gasteiger partial charge is 0.493 e. The highest BCUT2D eigenvalue weighted by atomic mass is 16.5. The molecule has 3 heterocycles. The average molecular weight is 562 g/mol. The molecule has 2 aromatic carbocycles. The van der Waals surface area contributed by atoms with Gasteiger partial charge in [-0.2, -0.15) is 4.98 Å². The van der Waals surface area contributed by atoms with Crippen molar-refractivity contribution in [1.82, 2.24) is 24.7 Å². The van der Waals surface area contributed by atoms with Gasteiger partial charge in [0.2, 0.25) is 5.95 Å². The van der Waals surface area contributed by atoms with Gasteiger partial charge < -0.3 is 29.5 Å². The molecule has 2 saturated heterocycles. The molecule has 0 amide bonds. The molecule has 2 aliphatic heterocycles. The molecule has 41 heavy (non-hydrogen) atoms.